The Morgan fingerprint density at radius 2 is 2.26 bits per heavy atom. The number of hydrogen-bond donors (Lipinski definition) is 0. The zero-order valence-electron chi connectivity index (χ0n) is 11.5. The van der Waals surface area contributed by atoms with Crippen LogP contribution in [0.25, 0.3) is 0 Å². The van der Waals surface area contributed by atoms with Crippen LogP contribution in [-0.4, -0.2) is 28.9 Å². The molecule has 1 atom stereocenters. The van der Waals surface area contributed by atoms with Crippen molar-refractivity contribution in [2.24, 2.45) is 0 Å². The lowest BCUT2D eigenvalue weighted by molar-refractivity contribution is 0.0743. The summed E-state index contributed by atoms with van der Waals surface area (Å²) in [5.74, 6) is 0.0505. The van der Waals surface area contributed by atoms with Crippen molar-refractivity contribution >= 4 is 17.2 Å². The van der Waals surface area contributed by atoms with E-state index in [4.69, 9.17) is 0 Å². The van der Waals surface area contributed by atoms with E-state index in [9.17, 15) is 4.79 Å². The molecule has 100 valence electrons. The Morgan fingerprint density at radius 1 is 1.47 bits per heavy atom. The molecule has 19 heavy (non-hydrogen) atoms. The number of hydrogen-bond acceptors (Lipinski definition) is 3. The van der Waals surface area contributed by atoms with E-state index >= 15 is 0 Å². The number of thiophene rings is 1. The van der Waals surface area contributed by atoms with E-state index in [-0.39, 0.29) is 11.9 Å². The van der Waals surface area contributed by atoms with Crippen LogP contribution in [0.4, 0.5) is 0 Å². The summed E-state index contributed by atoms with van der Waals surface area (Å²) in [6, 6.07) is 7.93. The molecule has 0 spiro atoms. The molecule has 2 heterocycles. The smallest absolute Gasteiger partial charge is 0.253 e. The second kappa shape index (κ2) is 5.97. The highest BCUT2D eigenvalue weighted by molar-refractivity contribution is 7.09. The normalized spacial score (nSPS) is 12.2. The Balaban J connectivity index is 2.06. The summed E-state index contributed by atoms with van der Waals surface area (Å²) in [6.07, 6.45) is 2.57. The van der Waals surface area contributed by atoms with Crippen molar-refractivity contribution in [2.45, 2.75) is 26.3 Å². The summed E-state index contributed by atoms with van der Waals surface area (Å²) in [4.78, 5) is 19.6. The van der Waals surface area contributed by atoms with E-state index in [1.807, 2.05) is 26.1 Å². The van der Waals surface area contributed by atoms with Gasteiger partial charge < -0.3 is 4.90 Å². The van der Waals surface area contributed by atoms with Gasteiger partial charge in [0.1, 0.15) is 0 Å². The highest BCUT2D eigenvalue weighted by atomic mass is 32.1. The van der Waals surface area contributed by atoms with E-state index in [0.29, 0.717) is 5.56 Å². The number of carbonyl (C=O) groups is 1. The summed E-state index contributed by atoms with van der Waals surface area (Å²) < 4.78 is 0. The lowest BCUT2D eigenvalue weighted by Gasteiger charge is -2.24. The molecule has 0 saturated carbocycles. The number of nitrogens with zero attached hydrogens (tertiary/aromatic N) is 2. The first kappa shape index (κ1) is 13.7. The summed E-state index contributed by atoms with van der Waals surface area (Å²) >= 11 is 1.73. The quantitative estimate of drug-likeness (QED) is 0.858. The molecule has 0 aromatic carbocycles. The summed E-state index contributed by atoms with van der Waals surface area (Å²) in [5.41, 5.74) is 1.57. The van der Waals surface area contributed by atoms with E-state index in [1.165, 1.54) is 4.88 Å². The highest BCUT2D eigenvalue weighted by Gasteiger charge is 2.18. The predicted molar refractivity (Wildman–Crippen MR) is 78.6 cm³/mol. The van der Waals surface area contributed by atoms with Crippen LogP contribution in [0, 0.1) is 6.92 Å². The second-order valence-electron chi connectivity index (χ2n) is 4.73. The standard InChI is InChI=1S/C15H18N2OS/c1-11-9-13(6-7-16-11)15(18)17(3)12(2)10-14-5-4-8-19-14/h4-9,12H,10H2,1-3H3. The Bertz CT molecular complexity index is 551. The number of aromatic nitrogens is 1. The number of amides is 1. The molecule has 2 aromatic rings. The minimum absolute atomic E-state index is 0.0505. The fourth-order valence-electron chi connectivity index (χ4n) is 1.94. The van der Waals surface area contributed by atoms with Crippen LogP contribution in [-0.2, 0) is 6.42 Å². The Morgan fingerprint density at radius 3 is 2.89 bits per heavy atom. The van der Waals surface area contributed by atoms with Gasteiger partial charge in [0.25, 0.3) is 5.91 Å². The lowest BCUT2D eigenvalue weighted by atomic mass is 10.1. The van der Waals surface area contributed by atoms with Crippen molar-refractivity contribution in [1.29, 1.82) is 0 Å². The Labute approximate surface area is 117 Å². The molecule has 1 amide bonds. The van der Waals surface area contributed by atoms with E-state index in [2.05, 4.69) is 23.4 Å². The number of likely N-dealkylation sites (N-methyl/N-ethyl adjacent to an activating group) is 1. The molecule has 0 aliphatic heterocycles. The molecular formula is C15H18N2OS. The van der Waals surface area contributed by atoms with Gasteiger partial charge in [0.15, 0.2) is 0 Å². The van der Waals surface area contributed by atoms with Crippen LogP contribution in [0.1, 0.15) is 27.9 Å². The van der Waals surface area contributed by atoms with E-state index in [0.717, 1.165) is 12.1 Å². The number of rotatable bonds is 4. The maximum atomic E-state index is 12.4. The topological polar surface area (TPSA) is 33.2 Å². The highest BCUT2D eigenvalue weighted by Crippen LogP contribution is 2.15. The van der Waals surface area contributed by atoms with Crippen LogP contribution in [0.2, 0.25) is 0 Å². The monoisotopic (exact) mass is 274 g/mol. The molecule has 4 heteroatoms. The van der Waals surface area contributed by atoms with Crippen LogP contribution in [0.3, 0.4) is 0 Å². The largest absolute Gasteiger partial charge is 0.339 e. The van der Waals surface area contributed by atoms with Crippen molar-refractivity contribution in [3.8, 4) is 0 Å². The first-order chi connectivity index (χ1) is 9.08. The van der Waals surface area contributed by atoms with Gasteiger partial charge in [0.05, 0.1) is 0 Å². The third-order valence-corrected chi connectivity index (χ3v) is 4.10. The third-order valence-electron chi connectivity index (χ3n) is 3.20. The molecule has 0 radical (unpaired) electrons. The molecule has 3 nitrogen and oxygen atoms in total. The van der Waals surface area contributed by atoms with Crippen LogP contribution in [0.5, 0.6) is 0 Å². The molecule has 0 N–H and O–H groups in total. The molecule has 0 fully saturated rings. The fraction of sp³-hybridized carbons (Fsp3) is 0.333. The first-order valence-electron chi connectivity index (χ1n) is 6.30. The summed E-state index contributed by atoms with van der Waals surface area (Å²) in [7, 11) is 1.86. The Hall–Kier alpha value is -1.68. The molecule has 2 aromatic heterocycles. The molecule has 0 aliphatic carbocycles. The van der Waals surface area contributed by atoms with Gasteiger partial charge in [0.2, 0.25) is 0 Å². The molecule has 0 saturated heterocycles. The maximum Gasteiger partial charge on any atom is 0.253 e. The van der Waals surface area contributed by atoms with Gasteiger partial charge in [-0.25, -0.2) is 0 Å². The number of aryl methyl sites for hydroxylation is 1. The van der Waals surface area contributed by atoms with Crippen LogP contribution < -0.4 is 0 Å². The number of carbonyl (C=O) groups excluding carboxylic acids is 1. The zero-order chi connectivity index (χ0) is 13.8. The predicted octanol–water partition coefficient (Wildman–Crippen LogP) is 3.15. The molecule has 0 bridgehead atoms. The average molecular weight is 274 g/mol. The van der Waals surface area contributed by atoms with Gasteiger partial charge in [-0.05, 0) is 37.4 Å². The van der Waals surface area contributed by atoms with E-state index < -0.39 is 0 Å². The van der Waals surface area contributed by atoms with Gasteiger partial charge in [0, 0.05) is 41.8 Å². The minimum Gasteiger partial charge on any atom is -0.339 e. The van der Waals surface area contributed by atoms with E-state index in [1.54, 1.807) is 28.5 Å². The van der Waals surface area contributed by atoms with Gasteiger partial charge >= 0.3 is 0 Å². The number of pyridine rings is 1. The average Bonchev–Trinajstić information content (AvgIpc) is 2.89. The maximum absolute atomic E-state index is 12.4. The molecule has 2 rings (SSSR count). The first-order valence-corrected chi connectivity index (χ1v) is 7.18. The summed E-state index contributed by atoms with van der Waals surface area (Å²) in [5, 5.41) is 2.07. The summed E-state index contributed by atoms with van der Waals surface area (Å²) in [6.45, 7) is 3.97. The zero-order valence-corrected chi connectivity index (χ0v) is 12.3. The Kier molecular flexibility index (Phi) is 4.32. The van der Waals surface area contributed by atoms with Gasteiger partial charge in [-0.2, -0.15) is 0 Å². The van der Waals surface area contributed by atoms with Crippen LogP contribution in [0.15, 0.2) is 35.8 Å². The SMILES string of the molecule is Cc1cc(C(=O)N(C)C(C)Cc2cccs2)ccn1. The van der Waals surface area contributed by atoms with Gasteiger partial charge in [-0.3, -0.25) is 9.78 Å². The third kappa shape index (κ3) is 3.41. The lowest BCUT2D eigenvalue weighted by Crippen LogP contribution is -2.36. The van der Waals surface area contributed by atoms with Crippen molar-refractivity contribution in [3.63, 3.8) is 0 Å². The van der Waals surface area contributed by atoms with Gasteiger partial charge in [-0.1, -0.05) is 6.07 Å². The molecule has 1 unspecified atom stereocenters. The van der Waals surface area contributed by atoms with Crippen molar-refractivity contribution in [3.05, 3.63) is 52.0 Å². The molecular weight excluding hydrogens is 256 g/mol. The van der Waals surface area contributed by atoms with Gasteiger partial charge in [-0.15, -0.1) is 11.3 Å². The molecule has 0 aliphatic rings. The fourth-order valence-corrected chi connectivity index (χ4v) is 2.77. The van der Waals surface area contributed by atoms with Crippen LogP contribution >= 0.6 is 11.3 Å². The van der Waals surface area contributed by atoms with Crippen molar-refractivity contribution < 1.29 is 4.79 Å². The second-order valence-corrected chi connectivity index (χ2v) is 5.77. The van der Waals surface area contributed by atoms with Crippen molar-refractivity contribution in [1.82, 2.24) is 9.88 Å². The minimum atomic E-state index is 0.0505. The van der Waals surface area contributed by atoms with Crippen molar-refractivity contribution in [2.75, 3.05) is 7.05 Å².